The number of hydrogen-bond acceptors (Lipinski definition) is 2. The quantitative estimate of drug-likeness (QED) is 0.190. The Hall–Kier alpha value is -6.32. The lowest BCUT2D eigenvalue weighted by molar-refractivity contribution is 1.24. The Morgan fingerprint density at radius 2 is 1.11 bits per heavy atom. The molecular formula is C44H27N3. The topological polar surface area (TPSA) is 30.2 Å². The van der Waals surface area contributed by atoms with Gasteiger partial charge in [-0.3, -0.25) is 0 Å². The largest absolute Gasteiger partial charge is 0.315 e. The van der Waals surface area contributed by atoms with Crippen molar-refractivity contribution in [3.63, 3.8) is 0 Å². The summed E-state index contributed by atoms with van der Waals surface area (Å²) < 4.78 is 2.26. The summed E-state index contributed by atoms with van der Waals surface area (Å²) in [6.45, 7) is 0. The van der Waals surface area contributed by atoms with E-state index in [2.05, 4.69) is 168 Å². The van der Waals surface area contributed by atoms with Gasteiger partial charge >= 0.3 is 0 Å². The summed E-state index contributed by atoms with van der Waals surface area (Å²) in [6.07, 6.45) is 2.13. The van der Waals surface area contributed by atoms with Crippen LogP contribution in [0.15, 0.2) is 164 Å². The van der Waals surface area contributed by atoms with Gasteiger partial charge in [0.2, 0.25) is 0 Å². The van der Waals surface area contributed by atoms with E-state index in [4.69, 9.17) is 9.97 Å². The number of fused-ring (bicyclic) bond motifs is 10. The lowest BCUT2D eigenvalue weighted by atomic mass is 9.93. The van der Waals surface area contributed by atoms with Crippen LogP contribution >= 0.6 is 0 Å². The summed E-state index contributed by atoms with van der Waals surface area (Å²) in [5.74, 6) is 0. The van der Waals surface area contributed by atoms with E-state index in [0.717, 1.165) is 61.1 Å². The second-order valence-electron chi connectivity index (χ2n) is 12.2. The van der Waals surface area contributed by atoms with Gasteiger partial charge in [-0.2, -0.15) is 0 Å². The zero-order valence-corrected chi connectivity index (χ0v) is 25.4. The zero-order valence-electron chi connectivity index (χ0n) is 25.4. The van der Waals surface area contributed by atoms with Gasteiger partial charge in [0, 0.05) is 49.8 Å². The molecule has 6 aromatic carbocycles. The summed E-state index contributed by atoms with van der Waals surface area (Å²) in [5.41, 5.74) is 10.7. The molecule has 0 fully saturated rings. The van der Waals surface area contributed by atoms with Gasteiger partial charge in [-0.15, -0.1) is 0 Å². The third-order valence-electron chi connectivity index (χ3n) is 9.53. The SMILES string of the molecule is c1ccc(-c2nc3cc(-c4cccc(-c5nc6ccccc6c6cc7ccccn7c56)c4)ccc3c3c2ccc2ccccc23)cc1. The van der Waals surface area contributed by atoms with Crippen molar-refractivity contribution in [2.24, 2.45) is 0 Å². The predicted octanol–water partition coefficient (Wildman–Crippen LogP) is 11.5. The zero-order chi connectivity index (χ0) is 30.9. The minimum atomic E-state index is 0.981. The first-order valence-corrected chi connectivity index (χ1v) is 16.0. The Balaban J connectivity index is 1.21. The Morgan fingerprint density at radius 1 is 0.383 bits per heavy atom. The molecule has 10 rings (SSSR count). The highest BCUT2D eigenvalue weighted by Crippen LogP contribution is 2.40. The lowest BCUT2D eigenvalue weighted by Crippen LogP contribution is -1.93. The van der Waals surface area contributed by atoms with Crippen LogP contribution in [0.2, 0.25) is 0 Å². The molecule has 0 aliphatic heterocycles. The lowest BCUT2D eigenvalue weighted by Gasteiger charge is -2.14. The Morgan fingerprint density at radius 3 is 2.04 bits per heavy atom. The third kappa shape index (κ3) is 4.00. The van der Waals surface area contributed by atoms with Gasteiger partial charge in [0.05, 0.1) is 27.9 Å². The molecule has 0 atom stereocenters. The smallest absolute Gasteiger partial charge is 0.0956 e. The number of benzene rings is 6. The van der Waals surface area contributed by atoms with Gasteiger partial charge in [0.25, 0.3) is 0 Å². The molecule has 0 bridgehead atoms. The number of hydrogen-bond donors (Lipinski definition) is 0. The van der Waals surface area contributed by atoms with E-state index in [1.165, 1.54) is 32.3 Å². The van der Waals surface area contributed by atoms with E-state index in [-0.39, 0.29) is 0 Å². The molecule has 0 saturated carbocycles. The molecule has 3 nitrogen and oxygen atoms in total. The fourth-order valence-electron chi connectivity index (χ4n) is 7.36. The first-order chi connectivity index (χ1) is 23.3. The van der Waals surface area contributed by atoms with Crippen molar-refractivity contribution in [2.75, 3.05) is 0 Å². The molecule has 0 aliphatic carbocycles. The van der Waals surface area contributed by atoms with Gasteiger partial charge < -0.3 is 4.40 Å². The highest BCUT2D eigenvalue weighted by Gasteiger charge is 2.17. The summed E-state index contributed by atoms with van der Waals surface area (Å²) >= 11 is 0. The molecule has 0 saturated heterocycles. The van der Waals surface area contributed by atoms with Gasteiger partial charge in [-0.25, -0.2) is 9.97 Å². The fraction of sp³-hybridized carbons (Fsp3) is 0. The van der Waals surface area contributed by atoms with E-state index < -0.39 is 0 Å². The first-order valence-electron chi connectivity index (χ1n) is 16.0. The van der Waals surface area contributed by atoms with Gasteiger partial charge in [-0.05, 0) is 58.3 Å². The fourth-order valence-corrected chi connectivity index (χ4v) is 7.36. The van der Waals surface area contributed by atoms with E-state index in [1.54, 1.807) is 0 Å². The van der Waals surface area contributed by atoms with Crippen LogP contribution in [-0.4, -0.2) is 14.4 Å². The Bertz CT molecular complexity index is 2850. The van der Waals surface area contributed by atoms with Crippen LogP contribution in [0, 0.1) is 0 Å². The minimum Gasteiger partial charge on any atom is -0.315 e. The van der Waals surface area contributed by atoms with Crippen molar-refractivity contribution in [3.05, 3.63) is 164 Å². The second kappa shape index (κ2) is 10.1. The van der Waals surface area contributed by atoms with Crippen molar-refractivity contribution in [3.8, 4) is 33.6 Å². The molecule has 3 heteroatoms. The number of aromatic nitrogens is 3. The van der Waals surface area contributed by atoms with Crippen molar-refractivity contribution in [1.29, 1.82) is 0 Å². The number of pyridine rings is 3. The highest BCUT2D eigenvalue weighted by atomic mass is 14.9. The third-order valence-corrected chi connectivity index (χ3v) is 9.53. The van der Waals surface area contributed by atoms with E-state index in [9.17, 15) is 0 Å². The average Bonchev–Trinajstić information content (AvgIpc) is 3.54. The molecule has 10 aromatic rings. The first kappa shape index (κ1) is 26.0. The van der Waals surface area contributed by atoms with Crippen molar-refractivity contribution >= 4 is 59.8 Å². The average molecular weight is 598 g/mol. The minimum absolute atomic E-state index is 0.981. The van der Waals surface area contributed by atoms with Crippen molar-refractivity contribution in [2.45, 2.75) is 0 Å². The summed E-state index contributed by atoms with van der Waals surface area (Å²) in [4.78, 5) is 10.6. The summed E-state index contributed by atoms with van der Waals surface area (Å²) in [5, 5.41) is 8.43. The molecule has 0 unspecified atom stereocenters. The molecule has 0 amide bonds. The van der Waals surface area contributed by atoms with E-state index >= 15 is 0 Å². The summed E-state index contributed by atoms with van der Waals surface area (Å²) in [6, 6.07) is 56.2. The molecule has 0 aliphatic rings. The van der Waals surface area contributed by atoms with Gasteiger partial charge in [0.15, 0.2) is 0 Å². The van der Waals surface area contributed by atoms with Crippen LogP contribution in [0.1, 0.15) is 0 Å². The van der Waals surface area contributed by atoms with E-state index in [0.29, 0.717) is 0 Å². The standard InChI is InChI=1S/C44H27N3/c1-2-12-29(13-3-1)42-37-23-20-28-11-4-5-17-34(28)41(37)36-22-21-31(26-40(36)46-42)30-14-10-15-32(25-30)43-44-38(27-33-16-8-9-24-47(33)44)35-18-6-7-19-39(35)45-43/h1-27H. The van der Waals surface area contributed by atoms with Crippen LogP contribution in [0.5, 0.6) is 0 Å². The molecule has 0 N–H and O–H groups in total. The molecule has 47 heavy (non-hydrogen) atoms. The van der Waals surface area contributed by atoms with Crippen molar-refractivity contribution < 1.29 is 0 Å². The van der Waals surface area contributed by atoms with Crippen LogP contribution in [-0.2, 0) is 0 Å². The van der Waals surface area contributed by atoms with Crippen LogP contribution < -0.4 is 0 Å². The van der Waals surface area contributed by atoms with Crippen molar-refractivity contribution in [1.82, 2.24) is 14.4 Å². The Labute approximate surface area is 271 Å². The second-order valence-corrected chi connectivity index (χ2v) is 12.2. The maximum atomic E-state index is 5.33. The number of nitrogens with zero attached hydrogens (tertiary/aromatic N) is 3. The molecule has 4 heterocycles. The number of para-hydroxylation sites is 1. The van der Waals surface area contributed by atoms with Crippen LogP contribution in [0.25, 0.3) is 93.4 Å². The van der Waals surface area contributed by atoms with Crippen LogP contribution in [0.4, 0.5) is 0 Å². The molecule has 0 radical (unpaired) electrons. The molecule has 4 aromatic heterocycles. The number of rotatable bonds is 3. The maximum absolute atomic E-state index is 5.33. The Kier molecular flexibility index (Phi) is 5.57. The van der Waals surface area contributed by atoms with Crippen LogP contribution in [0.3, 0.4) is 0 Å². The normalized spacial score (nSPS) is 11.8. The summed E-state index contributed by atoms with van der Waals surface area (Å²) in [7, 11) is 0. The maximum Gasteiger partial charge on any atom is 0.0956 e. The monoisotopic (exact) mass is 597 g/mol. The molecular weight excluding hydrogens is 571 g/mol. The van der Waals surface area contributed by atoms with Gasteiger partial charge in [0.1, 0.15) is 0 Å². The van der Waals surface area contributed by atoms with E-state index in [1.807, 2.05) is 0 Å². The predicted molar refractivity (Wildman–Crippen MR) is 197 cm³/mol. The highest BCUT2D eigenvalue weighted by molar-refractivity contribution is 6.22. The molecule has 0 spiro atoms. The van der Waals surface area contributed by atoms with Gasteiger partial charge in [-0.1, -0.05) is 121 Å². The molecule has 218 valence electrons.